The number of rotatable bonds is 6. The van der Waals surface area contributed by atoms with Gasteiger partial charge in [-0.25, -0.2) is 4.39 Å². The molecule has 1 aliphatic carbocycles. The smallest absolute Gasteiger partial charge is 0.258 e. The van der Waals surface area contributed by atoms with Gasteiger partial charge in [0.15, 0.2) is 4.80 Å². The highest BCUT2D eigenvalue weighted by atomic mass is 32.2. The fourth-order valence-electron chi connectivity index (χ4n) is 3.26. The fourth-order valence-corrected chi connectivity index (χ4v) is 4.94. The van der Waals surface area contributed by atoms with Gasteiger partial charge in [0.2, 0.25) is 5.91 Å². The SMILES string of the molecule is C#CCn1c(=NC(=O)CSCC(=O)NC2CCCCC2)sc2cc(F)ccc21. The molecule has 1 aromatic heterocycles. The summed E-state index contributed by atoms with van der Waals surface area (Å²) in [4.78, 5) is 28.8. The molecule has 0 unspecified atom stereocenters. The summed E-state index contributed by atoms with van der Waals surface area (Å²) in [5.41, 5.74) is 0.746. The van der Waals surface area contributed by atoms with Gasteiger partial charge in [0.25, 0.3) is 5.91 Å². The molecular weight excluding hydrogens is 397 g/mol. The van der Waals surface area contributed by atoms with Crippen LogP contribution in [0.1, 0.15) is 32.1 Å². The van der Waals surface area contributed by atoms with E-state index in [-0.39, 0.29) is 41.7 Å². The summed E-state index contributed by atoms with van der Waals surface area (Å²) >= 11 is 2.47. The quantitative estimate of drug-likeness (QED) is 0.732. The Morgan fingerprint density at radius 1 is 1.32 bits per heavy atom. The molecule has 0 spiro atoms. The highest BCUT2D eigenvalue weighted by Crippen LogP contribution is 2.19. The van der Waals surface area contributed by atoms with Crippen molar-refractivity contribution in [2.45, 2.75) is 44.7 Å². The van der Waals surface area contributed by atoms with Crippen molar-refractivity contribution in [1.82, 2.24) is 9.88 Å². The molecule has 1 aromatic carbocycles. The number of hydrogen-bond donors (Lipinski definition) is 1. The number of terminal acetylenes is 1. The topological polar surface area (TPSA) is 63.5 Å². The maximum atomic E-state index is 13.5. The highest BCUT2D eigenvalue weighted by Gasteiger charge is 2.16. The molecule has 1 aliphatic rings. The molecule has 2 aromatic rings. The number of thiazole rings is 1. The van der Waals surface area contributed by atoms with E-state index in [1.165, 1.54) is 41.7 Å². The summed E-state index contributed by atoms with van der Waals surface area (Å²) in [5, 5.41) is 3.03. The predicted molar refractivity (Wildman–Crippen MR) is 112 cm³/mol. The molecule has 1 fully saturated rings. The Morgan fingerprint density at radius 2 is 2.11 bits per heavy atom. The molecule has 1 N–H and O–H groups in total. The minimum absolute atomic E-state index is 0.0376. The van der Waals surface area contributed by atoms with Crippen molar-refractivity contribution >= 4 is 45.1 Å². The number of aromatic nitrogens is 1. The molecule has 28 heavy (non-hydrogen) atoms. The molecule has 0 atom stereocenters. The number of fused-ring (bicyclic) bond motifs is 1. The van der Waals surface area contributed by atoms with Crippen molar-refractivity contribution in [3.8, 4) is 12.3 Å². The van der Waals surface area contributed by atoms with Gasteiger partial charge in [-0.15, -0.1) is 18.2 Å². The van der Waals surface area contributed by atoms with E-state index in [9.17, 15) is 14.0 Å². The zero-order valence-corrected chi connectivity index (χ0v) is 17.1. The average molecular weight is 420 g/mol. The first-order valence-electron chi connectivity index (χ1n) is 9.24. The number of benzene rings is 1. The molecule has 3 rings (SSSR count). The standard InChI is InChI=1S/C20H22FN3O2S2/c1-2-10-24-16-9-8-14(21)11-17(16)28-20(24)23-19(26)13-27-12-18(25)22-15-6-4-3-5-7-15/h1,8-9,11,15H,3-7,10,12-13H2,(H,22,25). The lowest BCUT2D eigenvalue weighted by Crippen LogP contribution is -2.37. The Hall–Kier alpha value is -2.11. The summed E-state index contributed by atoms with van der Waals surface area (Å²) in [6.07, 6.45) is 11.0. The van der Waals surface area contributed by atoms with E-state index in [1.54, 1.807) is 10.6 Å². The number of nitrogens with zero attached hydrogens (tertiary/aromatic N) is 2. The number of thioether (sulfide) groups is 1. The third kappa shape index (κ3) is 5.46. The molecule has 0 radical (unpaired) electrons. The lowest BCUT2D eigenvalue weighted by molar-refractivity contribution is -0.119. The van der Waals surface area contributed by atoms with Crippen LogP contribution in [0.5, 0.6) is 0 Å². The Balaban J connectivity index is 1.60. The Morgan fingerprint density at radius 3 is 2.86 bits per heavy atom. The maximum Gasteiger partial charge on any atom is 0.258 e. The van der Waals surface area contributed by atoms with Gasteiger partial charge in [0.05, 0.1) is 28.3 Å². The number of nitrogens with one attached hydrogen (secondary N) is 1. The number of hydrogen-bond acceptors (Lipinski definition) is 4. The van der Waals surface area contributed by atoms with Crippen LogP contribution >= 0.6 is 23.1 Å². The molecule has 0 aliphatic heterocycles. The molecular formula is C20H22FN3O2S2. The first-order valence-corrected chi connectivity index (χ1v) is 11.2. The number of carbonyl (C=O) groups excluding carboxylic acids is 2. The molecule has 1 saturated carbocycles. The van der Waals surface area contributed by atoms with Crippen molar-refractivity contribution < 1.29 is 14.0 Å². The Labute approximate surface area is 171 Å². The van der Waals surface area contributed by atoms with Crippen LogP contribution < -0.4 is 10.1 Å². The third-order valence-corrected chi connectivity index (χ3v) is 6.50. The largest absolute Gasteiger partial charge is 0.353 e. The Bertz CT molecular complexity index is 968. The van der Waals surface area contributed by atoms with Crippen LogP contribution in [-0.4, -0.2) is 33.9 Å². The number of carbonyl (C=O) groups is 2. The first kappa shape index (κ1) is 20.6. The summed E-state index contributed by atoms with van der Waals surface area (Å²) in [7, 11) is 0. The normalized spacial score (nSPS) is 15.5. The lowest BCUT2D eigenvalue weighted by atomic mass is 9.95. The highest BCUT2D eigenvalue weighted by molar-refractivity contribution is 8.00. The minimum atomic E-state index is -0.348. The second-order valence-electron chi connectivity index (χ2n) is 6.69. The summed E-state index contributed by atoms with van der Waals surface area (Å²) < 4.78 is 15.9. The molecule has 1 heterocycles. The summed E-state index contributed by atoms with van der Waals surface area (Å²) in [5.74, 6) is 2.15. The zero-order chi connectivity index (χ0) is 19.9. The van der Waals surface area contributed by atoms with E-state index in [1.807, 2.05) is 0 Å². The average Bonchev–Trinajstić information content (AvgIpc) is 2.99. The molecule has 2 amide bonds. The number of amides is 2. The monoisotopic (exact) mass is 419 g/mol. The van der Waals surface area contributed by atoms with Crippen molar-refractivity contribution in [3.05, 3.63) is 28.8 Å². The van der Waals surface area contributed by atoms with Gasteiger partial charge < -0.3 is 9.88 Å². The first-order chi connectivity index (χ1) is 13.6. The predicted octanol–water partition coefficient (Wildman–Crippen LogP) is 3.08. The third-order valence-electron chi connectivity index (χ3n) is 4.54. The van der Waals surface area contributed by atoms with Crippen LogP contribution in [-0.2, 0) is 16.1 Å². The molecule has 0 bridgehead atoms. The van der Waals surface area contributed by atoms with Gasteiger partial charge in [-0.3, -0.25) is 9.59 Å². The van der Waals surface area contributed by atoms with Crippen molar-refractivity contribution in [2.24, 2.45) is 4.99 Å². The molecule has 5 nitrogen and oxygen atoms in total. The lowest BCUT2D eigenvalue weighted by Gasteiger charge is -2.22. The van der Waals surface area contributed by atoms with Crippen molar-refractivity contribution in [1.29, 1.82) is 0 Å². The van der Waals surface area contributed by atoms with E-state index in [0.29, 0.717) is 9.50 Å². The molecule has 8 heteroatoms. The van der Waals surface area contributed by atoms with E-state index >= 15 is 0 Å². The van der Waals surface area contributed by atoms with Crippen LogP contribution in [0.15, 0.2) is 23.2 Å². The second kappa shape index (κ2) is 9.89. The van der Waals surface area contributed by atoms with Crippen molar-refractivity contribution in [3.63, 3.8) is 0 Å². The van der Waals surface area contributed by atoms with Crippen LogP contribution in [0.3, 0.4) is 0 Å². The summed E-state index contributed by atoms with van der Waals surface area (Å²) in [6.45, 7) is 0.245. The second-order valence-corrected chi connectivity index (χ2v) is 8.68. The van der Waals surface area contributed by atoms with Gasteiger partial charge in [0.1, 0.15) is 5.82 Å². The van der Waals surface area contributed by atoms with E-state index in [2.05, 4.69) is 16.2 Å². The van der Waals surface area contributed by atoms with E-state index in [0.717, 1.165) is 31.2 Å². The van der Waals surface area contributed by atoms with E-state index < -0.39 is 0 Å². The van der Waals surface area contributed by atoms with Gasteiger partial charge in [-0.05, 0) is 31.0 Å². The van der Waals surface area contributed by atoms with E-state index in [4.69, 9.17) is 6.42 Å². The molecule has 148 valence electrons. The van der Waals surface area contributed by atoms with Gasteiger partial charge in [-0.2, -0.15) is 4.99 Å². The Kier molecular flexibility index (Phi) is 7.29. The summed E-state index contributed by atoms with van der Waals surface area (Å²) in [6, 6.07) is 4.66. The van der Waals surface area contributed by atoms with Crippen molar-refractivity contribution in [2.75, 3.05) is 11.5 Å². The maximum absolute atomic E-state index is 13.5. The van der Waals surface area contributed by atoms with Gasteiger partial charge in [0, 0.05) is 6.04 Å². The van der Waals surface area contributed by atoms with Crippen LogP contribution in [0, 0.1) is 18.2 Å². The fraction of sp³-hybridized carbons (Fsp3) is 0.450. The van der Waals surface area contributed by atoms with Crippen LogP contribution in [0.2, 0.25) is 0 Å². The van der Waals surface area contributed by atoms with Crippen LogP contribution in [0.4, 0.5) is 4.39 Å². The molecule has 0 saturated heterocycles. The minimum Gasteiger partial charge on any atom is -0.353 e. The number of halogens is 1. The van der Waals surface area contributed by atoms with Gasteiger partial charge >= 0.3 is 0 Å². The zero-order valence-electron chi connectivity index (χ0n) is 15.4. The van der Waals surface area contributed by atoms with Crippen LogP contribution in [0.25, 0.3) is 10.2 Å². The van der Waals surface area contributed by atoms with Gasteiger partial charge in [-0.1, -0.05) is 36.5 Å².